The highest BCUT2D eigenvalue weighted by Crippen LogP contribution is 2.29. The second kappa shape index (κ2) is 4.77. The van der Waals surface area contributed by atoms with E-state index in [2.05, 4.69) is 20.3 Å². The van der Waals surface area contributed by atoms with Crippen molar-refractivity contribution >= 4 is 34.4 Å². The number of carbonyl (C=O) groups excluding carboxylic acids is 1. The van der Waals surface area contributed by atoms with E-state index in [4.69, 9.17) is 11.6 Å². The third-order valence-electron chi connectivity index (χ3n) is 3.49. The molecule has 2 aromatic heterocycles. The number of Topliss-reactive ketones (excluding diaryl/α,β-unsaturated/α-hetero) is 1. The average Bonchev–Trinajstić information content (AvgIpc) is 2.82. The highest BCUT2D eigenvalue weighted by Gasteiger charge is 2.26. The molecule has 0 aromatic carbocycles. The summed E-state index contributed by atoms with van der Waals surface area (Å²) in [5, 5.41) is 3.10. The van der Waals surface area contributed by atoms with E-state index in [1.165, 1.54) is 0 Å². The number of nitrogens with zero attached hydrogens (tertiary/aromatic N) is 4. The Kier molecular flexibility index (Phi) is 3.10. The van der Waals surface area contributed by atoms with Crippen molar-refractivity contribution in [2.75, 3.05) is 12.4 Å². The predicted octanol–water partition coefficient (Wildman–Crippen LogP) is 2.21. The first-order chi connectivity index (χ1) is 9.20. The Labute approximate surface area is 115 Å². The highest BCUT2D eigenvalue weighted by molar-refractivity contribution is 6.28. The Bertz CT molecular complexity index is 638. The molecule has 1 aliphatic rings. The third-order valence-corrected chi connectivity index (χ3v) is 3.66. The Balaban J connectivity index is 2.14. The molecular weight excluding hydrogens is 266 g/mol. The van der Waals surface area contributed by atoms with Gasteiger partial charge in [-0.1, -0.05) is 6.42 Å². The molecule has 2 aromatic rings. The summed E-state index contributed by atoms with van der Waals surface area (Å²) in [6.45, 7) is 0. The molecule has 1 unspecified atom stereocenters. The van der Waals surface area contributed by atoms with Crippen LogP contribution in [0.25, 0.3) is 11.2 Å². The topological polar surface area (TPSA) is 72.7 Å². The molecule has 0 saturated heterocycles. The van der Waals surface area contributed by atoms with E-state index in [9.17, 15) is 4.79 Å². The molecule has 2 heterocycles. The van der Waals surface area contributed by atoms with E-state index in [-0.39, 0.29) is 17.1 Å². The van der Waals surface area contributed by atoms with Crippen LogP contribution in [0.1, 0.15) is 31.7 Å². The van der Waals surface area contributed by atoms with Crippen molar-refractivity contribution in [2.45, 2.75) is 31.7 Å². The standard InChI is InChI=1S/C12H14ClN5O/c1-14-10-9-11(17-12(13)16-10)18(6-15-9)7-4-2-3-5-8(7)19/h6-7H,2-5H2,1H3,(H,14,16,17). The Morgan fingerprint density at radius 1 is 1.42 bits per heavy atom. The molecule has 19 heavy (non-hydrogen) atoms. The molecule has 1 saturated carbocycles. The van der Waals surface area contributed by atoms with Crippen LogP contribution in [0.3, 0.4) is 0 Å². The number of carbonyl (C=O) groups is 1. The molecular formula is C12H14ClN5O. The molecule has 1 fully saturated rings. The van der Waals surface area contributed by atoms with Crippen molar-refractivity contribution in [2.24, 2.45) is 0 Å². The minimum atomic E-state index is -0.172. The molecule has 0 bridgehead atoms. The number of anilines is 1. The summed E-state index contributed by atoms with van der Waals surface area (Å²) in [6.07, 6.45) is 5.14. The molecule has 1 atom stereocenters. The first-order valence-corrected chi connectivity index (χ1v) is 6.69. The zero-order valence-electron chi connectivity index (χ0n) is 10.6. The molecule has 3 rings (SSSR count). The summed E-state index contributed by atoms with van der Waals surface area (Å²) in [7, 11) is 1.75. The number of nitrogens with one attached hydrogen (secondary N) is 1. The van der Waals surface area contributed by atoms with Gasteiger partial charge in [0.15, 0.2) is 22.8 Å². The van der Waals surface area contributed by atoms with Crippen molar-refractivity contribution in [1.29, 1.82) is 0 Å². The van der Waals surface area contributed by atoms with Crippen LogP contribution in [0.5, 0.6) is 0 Å². The molecule has 0 amide bonds. The van der Waals surface area contributed by atoms with Crippen molar-refractivity contribution in [3.8, 4) is 0 Å². The molecule has 1 N–H and O–H groups in total. The maximum atomic E-state index is 12.0. The van der Waals surface area contributed by atoms with Gasteiger partial charge in [0.25, 0.3) is 0 Å². The second-order valence-electron chi connectivity index (χ2n) is 4.64. The lowest BCUT2D eigenvalue weighted by Crippen LogP contribution is -2.22. The summed E-state index contributed by atoms with van der Waals surface area (Å²) in [4.78, 5) is 24.6. The first kappa shape index (κ1) is 12.3. The van der Waals surface area contributed by atoms with Crippen LogP contribution in [0.15, 0.2) is 6.33 Å². The minimum absolute atomic E-state index is 0.154. The summed E-state index contributed by atoms with van der Waals surface area (Å²) in [5.74, 6) is 0.823. The van der Waals surface area contributed by atoms with E-state index in [1.807, 2.05) is 4.57 Å². The molecule has 6 nitrogen and oxygen atoms in total. The number of rotatable bonds is 2. The SMILES string of the molecule is CNc1nc(Cl)nc2c1ncn2C1CCCCC1=O. The van der Waals surface area contributed by atoms with Gasteiger partial charge in [0.05, 0.1) is 12.4 Å². The van der Waals surface area contributed by atoms with Crippen LogP contribution in [0, 0.1) is 0 Å². The van der Waals surface area contributed by atoms with Crippen molar-refractivity contribution < 1.29 is 4.79 Å². The maximum Gasteiger partial charge on any atom is 0.226 e. The van der Waals surface area contributed by atoms with Gasteiger partial charge in [-0.2, -0.15) is 9.97 Å². The number of halogens is 1. The number of hydrogen-bond donors (Lipinski definition) is 1. The van der Waals surface area contributed by atoms with Crippen LogP contribution < -0.4 is 5.32 Å². The summed E-state index contributed by atoms with van der Waals surface area (Å²) >= 11 is 5.92. The molecule has 100 valence electrons. The van der Waals surface area contributed by atoms with E-state index in [1.54, 1.807) is 13.4 Å². The molecule has 0 radical (unpaired) electrons. The van der Waals surface area contributed by atoms with Gasteiger partial charge in [-0.05, 0) is 24.4 Å². The molecule has 0 spiro atoms. The van der Waals surface area contributed by atoms with E-state index in [0.717, 1.165) is 19.3 Å². The van der Waals surface area contributed by atoms with Crippen LogP contribution in [-0.4, -0.2) is 32.3 Å². The zero-order valence-corrected chi connectivity index (χ0v) is 11.3. The van der Waals surface area contributed by atoms with Gasteiger partial charge < -0.3 is 9.88 Å². The Morgan fingerprint density at radius 3 is 3.00 bits per heavy atom. The predicted molar refractivity (Wildman–Crippen MR) is 72.4 cm³/mol. The van der Waals surface area contributed by atoms with Gasteiger partial charge in [-0.15, -0.1) is 0 Å². The Morgan fingerprint density at radius 2 is 2.26 bits per heavy atom. The van der Waals surface area contributed by atoms with Crippen LogP contribution in [-0.2, 0) is 4.79 Å². The summed E-state index contributed by atoms with van der Waals surface area (Å²) in [5.41, 5.74) is 1.26. The molecule has 1 aliphatic carbocycles. The fourth-order valence-corrected chi connectivity index (χ4v) is 2.72. The van der Waals surface area contributed by atoms with Crippen LogP contribution >= 0.6 is 11.6 Å². The summed E-state index contributed by atoms with van der Waals surface area (Å²) < 4.78 is 1.82. The largest absolute Gasteiger partial charge is 0.371 e. The van der Waals surface area contributed by atoms with Gasteiger partial charge in [-0.3, -0.25) is 4.79 Å². The highest BCUT2D eigenvalue weighted by atomic mass is 35.5. The minimum Gasteiger partial charge on any atom is -0.371 e. The number of aromatic nitrogens is 4. The van der Waals surface area contributed by atoms with Crippen LogP contribution in [0.4, 0.5) is 5.82 Å². The number of ketones is 1. The normalized spacial score (nSPS) is 19.9. The van der Waals surface area contributed by atoms with Crippen molar-refractivity contribution in [1.82, 2.24) is 19.5 Å². The second-order valence-corrected chi connectivity index (χ2v) is 4.98. The Hall–Kier alpha value is -1.69. The van der Waals surface area contributed by atoms with Gasteiger partial charge in [0, 0.05) is 13.5 Å². The maximum absolute atomic E-state index is 12.0. The zero-order chi connectivity index (χ0) is 13.4. The molecule has 7 heteroatoms. The van der Waals surface area contributed by atoms with Crippen molar-refractivity contribution in [3.05, 3.63) is 11.6 Å². The quantitative estimate of drug-likeness (QED) is 0.853. The molecule has 0 aliphatic heterocycles. The first-order valence-electron chi connectivity index (χ1n) is 6.31. The summed E-state index contributed by atoms with van der Waals surface area (Å²) in [6, 6.07) is -0.172. The lowest BCUT2D eigenvalue weighted by atomic mass is 9.94. The van der Waals surface area contributed by atoms with Gasteiger partial charge in [0.1, 0.15) is 0 Å². The van der Waals surface area contributed by atoms with Gasteiger partial charge >= 0.3 is 0 Å². The van der Waals surface area contributed by atoms with Gasteiger partial charge in [-0.25, -0.2) is 4.98 Å². The fraction of sp³-hybridized carbons (Fsp3) is 0.500. The van der Waals surface area contributed by atoms with E-state index in [0.29, 0.717) is 23.4 Å². The smallest absolute Gasteiger partial charge is 0.226 e. The third kappa shape index (κ3) is 2.06. The lowest BCUT2D eigenvalue weighted by molar-refractivity contribution is -0.123. The number of fused-ring (bicyclic) bond motifs is 1. The van der Waals surface area contributed by atoms with Crippen molar-refractivity contribution in [3.63, 3.8) is 0 Å². The van der Waals surface area contributed by atoms with E-state index >= 15 is 0 Å². The fourth-order valence-electron chi connectivity index (χ4n) is 2.55. The van der Waals surface area contributed by atoms with Gasteiger partial charge in [0.2, 0.25) is 5.28 Å². The number of imidazole rings is 1. The average molecular weight is 280 g/mol. The van der Waals surface area contributed by atoms with E-state index < -0.39 is 0 Å². The van der Waals surface area contributed by atoms with Crippen LogP contribution in [0.2, 0.25) is 5.28 Å². The lowest BCUT2D eigenvalue weighted by Gasteiger charge is -2.21. The number of hydrogen-bond acceptors (Lipinski definition) is 5. The monoisotopic (exact) mass is 279 g/mol.